The SMILES string of the molecule is CC[C@@H](NS(=O)(=O)c1c(C)cc(OC)cc1C)c1ccccc1. The summed E-state index contributed by atoms with van der Waals surface area (Å²) < 4.78 is 33.8. The highest BCUT2D eigenvalue weighted by atomic mass is 32.2. The molecule has 1 atom stereocenters. The third-order valence-electron chi connectivity index (χ3n) is 3.85. The number of sulfonamides is 1. The van der Waals surface area contributed by atoms with Gasteiger partial charge in [-0.15, -0.1) is 0 Å². The number of benzene rings is 2. The molecule has 124 valence electrons. The number of hydrogen-bond donors (Lipinski definition) is 1. The van der Waals surface area contributed by atoms with Gasteiger partial charge in [-0.1, -0.05) is 37.3 Å². The molecule has 0 aromatic heterocycles. The summed E-state index contributed by atoms with van der Waals surface area (Å²) in [4.78, 5) is 0.327. The molecule has 23 heavy (non-hydrogen) atoms. The highest BCUT2D eigenvalue weighted by molar-refractivity contribution is 7.89. The Morgan fingerprint density at radius 1 is 1.09 bits per heavy atom. The maximum absolute atomic E-state index is 12.9. The van der Waals surface area contributed by atoms with Crippen molar-refractivity contribution in [3.05, 3.63) is 59.2 Å². The Kier molecular flexibility index (Phi) is 5.44. The molecule has 0 aliphatic heterocycles. The van der Waals surface area contributed by atoms with Gasteiger partial charge in [0, 0.05) is 6.04 Å². The smallest absolute Gasteiger partial charge is 0.241 e. The van der Waals surface area contributed by atoms with Gasteiger partial charge in [0.2, 0.25) is 10.0 Å². The average Bonchev–Trinajstić information content (AvgIpc) is 2.52. The van der Waals surface area contributed by atoms with Crippen LogP contribution in [0.15, 0.2) is 47.4 Å². The Hall–Kier alpha value is -1.85. The van der Waals surface area contributed by atoms with E-state index in [1.165, 1.54) is 0 Å². The maximum Gasteiger partial charge on any atom is 0.241 e. The van der Waals surface area contributed by atoms with Crippen LogP contribution in [-0.2, 0) is 10.0 Å². The highest BCUT2D eigenvalue weighted by Crippen LogP contribution is 2.27. The monoisotopic (exact) mass is 333 g/mol. The Balaban J connectivity index is 2.39. The van der Waals surface area contributed by atoms with Crippen molar-refractivity contribution < 1.29 is 13.2 Å². The number of rotatable bonds is 6. The van der Waals surface area contributed by atoms with Gasteiger partial charge >= 0.3 is 0 Å². The van der Waals surface area contributed by atoms with E-state index in [9.17, 15) is 8.42 Å². The van der Waals surface area contributed by atoms with E-state index in [-0.39, 0.29) is 6.04 Å². The first-order valence-corrected chi connectivity index (χ1v) is 9.10. The number of nitrogens with one attached hydrogen (secondary N) is 1. The van der Waals surface area contributed by atoms with Crippen molar-refractivity contribution in [3.63, 3.8) is 0 Å². The zero-order chi connectivity index (χ0) is 17.0. The topological polar surface area (TPSA) is 55.4 Å². The van der Waals surface area contributed by atoms with Gasteiger partial charge in [0.05, 0.1) is 12.0 Å². The summed E-state index contributed by atoms with van der Waals surface area (Å²) in [5, 5.41) is 0. The molecule has 0 saturated heterocycles. The zero-order valence-corrected chi connectivity index (χ0v) is 14.8. The first-order chi connectivity index (χ1) is 10.9. The molecular weight excluding hydrogens is 310 g/mol. The lowest BCUT2D eigenvalue weighted by Gasteiger charge is -2.20. The lowest BCUT2D eigenvalue weighted by molar-refractivity contribution is 0.413. The fraction of sp³-hybridized carbons (Fsp3) is 0.333. The maximum atomic E-state index is 12.9. The molecule has 0 spiro atoms. The number of aryl methyl sites for hydroxylation is 2. The molecular formula is C18H23NO3S. The summed E-state index contributed by atoms with van der Waals surface area (Å²) in [6.07, 6.45) is 0.678. The van der Waals surface area contributed by atoms with Crippen LogP contribution < -0.4 is 9.46 Å². The fourth-order valence-corrected chi connectivity index (χ4v) is 4.53. The summed E-state index contributed by atoms with van der Waals surface area (Å²) in [5.41, 5.74) is 2.32. The molecule has 0 aliphatic carbocycles. The molecule has 2 rings (SSSR count). The number of methoxy groups -OCH3 is 1. The predicted octanol–water partition coefficient (Wildman–Crippen LogP) is 3.74. The standard InChI is InChI=1S/C18H23NO3S/c1-5-17(15-9-7-6-8-10-15)19-23(20,21)18-13(2)11-16(22-4)12-14(18)3/h6-12,17,19H,5H2,1-4H3/t17-/m1/s1. The van der Waals surface area contributed by atoms with Gasteiger partial charge in [-0.05, 0) is 49.1 Å². The van der Waals surface area contributed by atoms with Crippen molar-refractivity contribution in [1.82, 2.24) is 4.72 Å². The summed E-state index contributed by atoms with van der Waals surface area (Å²) in [6, 6.07) is 12.8. The van der Waals surface area contributed by atoms with Crippen molar-refractivity contribution in [2.45, 2.75) is 38.1 Å². The van der Waals surface area contributed by atoms with Crippen molar-refractivity contribution in [1.29, 1.82) is 0 Å². The van der Waals surface area contributed by atoms with E-state index in [2.05, 4.69) is 4.72 Å². The summed E-state index contributed by atoms with van der Waals surface area (Å²) in [6.45, 7) is 5.54. The van der Waals surface area contributed by atoms with E-state index in [1.807, 2.05) is 37.3 Å². The van der Waals surface area contributed by atoms with Gasteiger partial charge in [-0.3, -0.25) is 0 Å². The second-order valence-electron chi connectivity index (χ2n) is 5.58. The molecule has 0 bridgehead atoms. The van der Waals surface area contributed by atoms with Gasteiger partial charge in [-0.25, -0.2) is 13.1 Å². The minimum atomic E-state index is -3.61. The van der Waals surface area contributed by atoms with E-state index < -0.39 is 10.0 Å². The van der Waals surface area contributed by atoms with E-state index in [0.717, 1.165) is 5.56 Å². The van der Waals surface area contributed by atoms with Crippen molar-refractivity contribution in [2.75, 3.05) is 7.11 Å². The molecule has 2 aromatic rings. The molecule has 0 heterocycles. The van der Waals surface area contributed by atoms with Crippen LogP contribution >= 0.6 is 0 Å². The van der Waals surface area contributed by atoms with Gasteiger partial charge in [0.1, 0.15) is 5.75 Å². The molecule has 0 saturated carbocycles. The van der Waals surface area contributed by atoms with Crippen molar-refractivity contribution in [3.8, 4) is 5.75 Å². The van der Waals surface area contributed by atoms with Crippen LogP contribution in [0, 0.1) is 13.8 Å². The number of hydrogen-bond acceptors (Lipinski definition) is 3. The Morgan fingerprint density at radius 3 is 2.13 bits per heavy atom. The van der Waals surface area contributed by atoms with Crippen LogP contribution in [0.3, 0.4) is 0 Å². The van der Waals surface area contributed by atoms with Gasteiger partial charge in [0.25, 0.3) is 0 Å². The van der Waals surface area contributed by atoms with E-state index >= 15 is 0 Å². The van der Waals surface area contributed by atoms with Crippen LogP contribution in [0.4, 0.5) is 0 Å². The van der Waals surface area contributed by atoms with Crippen LogP contribution in [0.1, 0.15) is 36.1 Å². The second-order valence-corrected chi connectivity index (χ2v) is 7.23. The van der Waals surface area contributed by atoms with Gasteiger partial charge in [-0.2, -0.15) is 0 Å². The van der Waals surface area contributed by atoms with E-state index in [1.54, 1.807) is 33.1 Å². The molecule has 0 unspecified atom stereocenters. The summed E-state index contributed by atoms with van der Waals surface area (Å²) in [7, 11) is -2.04. The average molecular weight is 333 g/mol. The molecule has 0 aliphatic rings. The van der Waals surface area contributed by atoms with Crippen molar-refractivity contribution >= 4 is 10.0 Å². The minimum Gasteiger partial charge on any atom is -0.497 e. The molecule has 1 N–H and O–H groups in total. The molecule has 2 aromatic carbocycles. The Morgan fingerprint density at radius 2 is 1.65 bits per heavy atom. The first-order valence-electron chi connectivity index (χ1n) is 7.61. The van der Waals surface area contributed by atoms with Crippen LogP contribution in [0.2, 0.25) is 0 Å². The Bertz CT molecular complexity index is 747. The molecule has 5 heteroatoms. The lowest BCUT2D eigenvalue weighted by Crippen LogP contribution is -2.29. The first kappa shape index (κ1) is 17.5. The van der Waals surface area contributed by atoms with Gasteiger partial charge in [0.15, 0.2) is 0 Å². The van der Waals surface area contributed by atoms with Crippen LogP contribution in [-0.4, -0.2) is 15.5 Å². The van der Waals surface area contributed by atoms with E-state index in [4.69, 9.17) is 4.74 Å². The Labute approximate surface area is 138 Å². The largest absolute Gasteiger partial charge is 0.497 e. The second kappa shape index (κ2) is 7.15. The number of ether oxygens (including phenoxy) is 1. The third kappa shape index (κ3) is 3.92. The van der Waals surface area contributed by atoms with Gasteiger partial charge < -0.3 is 4.74 Å². The highest BCUT2D eigenvalue weighted by Gasteiger charge is 2.24. The summed E-state index contributed by atoms with van der Waals surface area (Å²) in [5.74, 6) is 0.661. The normalized spacial score (nSPS) is 12.9. The fourth-order valence-electron chi connectivity index (χ4n) is 2.77. The molecule has 4 nitrogen and oxygen atoms in total. The third-order valence-corrected chi connectivity index (χ3v) is 5.62. The predicted molar refractivity (Wildman–Crippen MR) is 92.3 cm³/mol. The van der Waals surface area contributed by atoms with E-state index in [0.29, 0.717) is 28.2 Å². The molecule has 0 radical (unpaired) electrons. The minimum absolute atomic E-state index is 0.248. The molecule has 0 fully saturated rings. The summed E-state index contributed by atoms with van der Waals surface area (Å²) >= 11 is 0. The van der Waals surface area contributed by atoms with Crippen molar-refractivity contribution in [2.24, 2.45) is 0 Å². The lowest BCUT2D eigenvalue weighted by atomic mass is 10.1. The quantitative estimate of drug-likeness (QED) is 0.876. The molecule has 0 amide bonds. The zero-order valence-electron chi connectivity index (χ0n) is 14.0. The van der Waals surface area contributed by atoms with Crippen LogP contribution in [0.25, 0.3) is 0 Å². The van der Waals surface area contributed by atoms with Crippen LogP contribution in [0.5, 0.6) is 5.75 Å².